The van der Waals surface area contributed by atoms with Gasteiger partial charge < -0.3 is 5.32 Å². The molecule has 1 aromatic rings. The van der Waals surface area contributed by atoms with Crippen molar-refractivity contribution in [2.45, 2.75) is 12.5 Å². The van der Waals surface area contributed by atoms with Gasteiger partial charge in [0.2, 0.25) is 0 Å². The molecule has 0 fully saturated rings. The van der Waals surface area contributed by atoms with Crippen LogP contribution in [0.1, 0.15) is 5.56 Å². The molecule has 0 aliphatic rings. The third-order valence-corrected chi connectivity index (χ3v) is 3.20. The average molecular weight is 311 g/mol. The Morgan fingerprint density at radius 1 is 1.20 bits per heavy atom. The van der Waals surface area contributed by atoms with Crippen LogP contribution in [-0.2, 0) is 6.42 Å². The van der Waals surface area contributed by atoms with Crippen LogP contribution in [-0.4, -0.2) is 24.3 Å². The molecule has 4 heteroatoms. The molecule has 0 radical (unpaired) electrons. The summed E-state index contributed by atoms with van der Waals surface area (Å²) in [6.07, 6.45) is 0.938. The third kappa shape index (κ3) is 5.21. The van der Waals surface area contributed by atoms with Crippen molar-refractivity contribution in [1.82, 2.24) is 5.32 Å². The maximum absolute atomic E-state index is 5.87. The number of hydrogen-bond acceptors (Lipinski definition) is 1. The summed E-state index contributed by atoms with van der Waals surface area (Å²) in [6.45, 7) is 0.801. The monoisotopic (exact) mass is 309 g/mol. The highest BCUT2D eigenvalue weighted by Crippen LogP contribution is 2.12. The molecule has 0 saturated carbocycles. The van der Waals surface area contributed by atoms with Crippen LogP contribution in [0.4, 0.5) is 0 Å². The highest BCUT2D eigenvalue weighted by Gasteiger charge is 2.06. The molecule has 1 N–H and O–H groups in total. The standard InChI is InChI=1S/C11H14BrCl2N/c12-10-3-1-9(2-4-10)7-11(8-14)15-6-5-13/h1-4,11,15H,5-8H2. The molecule has 1 rings (SSSR count). The smallest absolute Gasteiger partial charge is 0.0380 e. The molecule has 1 nitrogen and oxygen atoms in total. The number of hydrogen-bond donors (Lipinski definition) is 1. The van der Waals surface area contributed by atoms with Gasteiger partial charge in [0.25, 0.3) is 0 Å². The van der Waals surface area contributed by atoms with Gasteiger partial charge in [-0.3, -0.25) is 0 Å². The Kier molecular flexibility index (Phi) is 6.66. The molecule has 0 aliphatic heterocycles. The van der Waals surface area contributed by atoms with Gasteiger partial charge in [-0.1, -0.05) is 28.1 Å². The summed E-state index contributed by atoms with van der Waals surface area (Å²) in [7, 11) is 0. The summed E-state index contributed by atoms with van der Waals surface area (Å²) in [5.41, 5.74) is 1.28. The van der Waals surface area contributed by atoms with Crippen LogP contribution in [0.5, 0.6) is 0 Å². The normalized spacial score (nSPS) is 12.7. The van der Waals surface area contributed by atoms with Crippen molar-refractivity contribution in [2.24, 2.45) is 0 Å². The third-order valence-electron chi connectivity index (χ3n) is 2.11. The molecule has 0 amide bonds. The van der Waals surface area contributed by atoms with Gasteiger partial charge in [0.15, 0.2) is 0 Å². The van der Waals surface area contributed by atoms with Crippen LogP contribution in [0.25, 0.3) is 0 Å². The van der Waals surface area contributed by atoms with Crippen LogP contribution in [0.2, 0.25) is 0 Å². The first-order valence-corrected chi connectivity index (χ1v) is 6.72. The number of halogens is 3. The predicted octanol–water partition coefficient (Wildman–Crippen LogP) is 3.43. The molecule has 84 valence electrons. The first-order valence-electron chi connectivity index (χ1n) is 4.86. The number of rotatable bonds is 6. The first kappa shape index (κ1) is 13.3. The van der Waals surface area contributed by atoms with Gasteiger partial charge in [0.1, 0.15) is 0 Å². The zero-order chi connectivity index (χ0) is 11.1. The molecular formula is C11H14BrCl2N. The van der Waals surface area contributed by atoms with Crippen molar-refractivity contribution in [3.63, 3.8) is 0 Å². The fourth-order valence-corrected chi connectivity index (χ4v) is 1.94. The Balaban J connectivity index is 2.47. The largest absolute Gasteiger partial charge is 0.311 e. The maximum atomic E-state index is 5.87. The summed E-state index contributed by atoms with van der Waals surface area (Å²) in [5.74, 6) is 1.22. The van der Waals surface area contributed by atoms with Gasteiger partial charge in [-0.2, -0.15) is 0 Å². The molecule has 1 atom stereocenters. The van der Waals surface area contributed by atoms with Gasteiger partial charge in [-0.25, -0.2) is 0 Å². The van der Waals surface area contributed by atoms with Crippen molar-refractivity contribution in [3.05, 3.63) is 34.3 Å². The Hall–Kier alpha value is 0.240. The van der Waals surface area contributed by atoms with Crippen LogP contribution < -0.4 is 5.32 Å². The van der Waals surface area contributed by atoms with E-state index in [0.717, 1.165) is 17.4 Å². The second-order valence-electron chi connectivity index (χ2n) is 3.32. The van der Waals surface area contributed by atoms with E-state index in [-0.39, 0.29) is 0 Å². The summed E-state index contributed by atoms with van der Waals surface area (Å²) in [6, 6.07) is 8.59. The van der Waals surface area contributed by atoms with Crippen molar-refractivity contribution in [2.75, 3.05) is 18.3 Å². The molecule has 0 aliphatic carbocycles. The van der Waals surface area contributed by atoms with Crippen LogP contribution >= 0.6 is 39.1 Å². The summed E-state index contributed by atoms with van der Waals surface area (Å²) >= 11 is 14.9. The van der Waals surface area contributed by atoms with Gasteiger partial charge in [-0.05, 0) is 24.1 Å². The fraction of sp³-hybridized carbons (Fsp3) is 0.455. The SMILES string of the molecule is ClCCNC(CCl)Cc1ccc(Br)cc1. The molecular weight excluding hydrogens is 297 g/mol. The summed E-state index contributed by atoms with van der Waals surface area (Å²) in [5, 5.41) is 3.31. The molecule has 0 bridgehead atoms. The average Bonchev–Trinajstić information content (AvgIpc) is 2.27. The number of nitrogens with one attached hydrogen (secondary N) is 1. The molecule has 1 unspecified atom stereocenters. The van der Waals surface area contributed by atoms with E-state index in [1.807, 2.05) is 12.1 Å². The quantitative estimate of drug-likeness (QED) is 0.794. The highest BCUT2D eigenvalue weighted by molar-refractivity contribution is 9.10. The van der Waals surface area contributed by atoms with E-state index in [4.69, 9.17) is 23.2 Å². The van der Waals surface area contributed by atoms with E-state index in [2.05, 4.69) is 33.4 Å². The summed E-state index contributed by atoms with van der Waals surface area (Å²) < 4.78 is 1.10. The number of alkyl halides is 2. The Morgan fingerprint density at radius 2 is 1.87 bits per heavy atom. The lowest BCUT2D eigenvalue weighted by Gasteiger charge is -2.15. The van der Waals surface area contributed by atoms with Crippen molar-refractivity contribution >= 4 is 39.1 Å². The minimum Gasteiger partial charge on any atom is -0.311 e. The molecule has 15 heavy (non-hydrogen) atoms. The van der Waals surface area contributed by atoms with E-state index in [1.165, 1.54) is 5.56 Å². The van der Waals surface area contributed by atoms with E-state index in [0.29, 0.717) is 17.8 Å². The Morgan fingerprint density at radius 3 is 2.40 bits per heavy atom. The zero-order valence-electron chi connectivity index (χ0n) is 8.35. The fourth-order valence-electron chi connectivity index (χ4n) is 1.34. The predicted molar refractivity (Wildman–Crippen MR) is 71.1 cm³/mol. The van der Waals surface area contributed by atoms with Crippen molar-refractivity contribution in [1.29, 1.82) is 0 Å². The Labute approximate surface area is 109 Å². The maximum Gasteiger partial charge on any atom is 0.0380 e. The van der Waals surface area contributed by atoms with E-state index < -0.39 is 0 Å². The second-order valence-corrected chi connectivity index (χ2v) is 4.93. The second kappa shape index (κ2) is 7.50. The zero-order valence-corrected chi connectivity index (χ0v) is 11.4. The van der Waals surface area contributed by atoms with Crippen LogP contribution in [0.3, 0.4) is 0 Å². The van der Waals surface area contributed by atoms with Crippen molar-refractivity contribution < 1.29 is 0 Å². The lowest BCUT2D eigenvalue weighted by molar-refractivity contribution is 0.572. The first-order chi connectivity index (χ1) is 7.26. The molecule has 0 spiro atoms. The summed E-state index contributed by atoms with van der Waals surface area (Å²) in [4.78, 5) is 0. The van der Waals surface area contributed by atoms with Gasteiger partial charge in [0.05, 0.1) is 0 Å². The van der Waals surface area contributed by atoms with Crippen LogP contribution in [0, 0.1) is 0 Å². The molecule has 0 heterocycles. The van der Waals surface area contributed by atoms with Crippen molar-refractivity contribution in [3.8, 4) is 0 Å². The molecule has 0 aromatic heterocycles. The minimum atomic E-state index is 0.298. The van der Waals surface area contributed by atoms with Gasteiger partial charge in [0, 0.05) is 28.8 Å². The Bertz CT molecular complexity index is 276. The van der Waals surface area contributed by atoms with E-state index in [1.54, 1.807) is 0 Å². The topological polar surface area (TPSA) is 12.0 Å². The van der Waals surface area contributed by atoms with E-state index >= 15 is 0 Å². The lowest BCUT2D eigenvalue weighted by atomic mass is 10.1. The van der Waals surface area contributed by atoms with E-state index in [9.17, 15) is 0 Å². The highest BCUT2D eigenvalue weighted by atomic mass is 79.9. The van der Waals surface area contributed by atoms with Gasteiger partial charge in [-0.15, -0.1) is 23.2 Å². The number of benzene rings is 1. The lowest BCUT2D eigenvalue weighted by Crippen LogP contribution is -2.34. The molecule has 0 saturated heterocycles. The minimum absolute atomic E-state index is 0.298. The molecule has 1 aromatic carbocycles. The van der Waals surface area contributed by atoms with Gasteiger partial charge >= 0.3 is 0 Å². The van der Waals surface area contributed by atoms with Crippen LogP contribution in [0.15, 0.2) is 28.7 Å².